The van der Waals surface area contributed by atoms with E-state index in [1.165, 1.54) is 10.8 Å². The summed E-state index contributed by atoms with van der Waals surface area (Å²) in [5.74, 6) is 0.686. The van der Waals surface area contributed by atoms with E-state index < -0.39 is 11.2 Å². The lowest BCUT2D eigenvalue weighted by Gasteiger charge is -2.10. The van der Waals surface area contributed by atoms with E-state index in [1.54, 1.807) is 35.9 Å². The number of aromatic hydroxyl groups is 1. The summed E-state index contributed by atoms with van der Waals surface area (Å²) in [6.45, 7) is 4.54. The molecule has 0 aliphatic heterocycles. The number of aryl methyl sites for hydroxylation is 1. The van der Waals surface area contributed by atoms with Crippen LogP contribution in [0.25, 0.3) is 11.2 Å². The molecule has 2 heterocycles. The summed E-state index contributed by atoms with van der Waals surface area (Å²) in [5.41, 5.74) is 2.90. The zero-order valence-corrected chi connectivity index (χ0v) is 14.7. The predicted octanol–water partition coefficient (Wildman–Crippen LogP) is 1.23. The summed E-state index contributed by atoms with van der Waals surface area (Å²) in [5, 5.41) is 13.9. The van der Waals surface area contributed by atoms with Gasteiger partial charge in [0.2, 0.25) is 5.95 Å². The van der Waals surface area contributed by atoms with Crippen molar-refractivity contribution in [2.24, 2.45) is 18.1 Å². The number of anilines is 1. The lowest BCUT2D eigenvalue weighted by Crippen LogP contribution is -2.29. The van der Waals surface area contributed by atoms with E-state index in [9.17, 15) is 14.7 Å². The first-order chi connectivity index (χ1) is 12.4. The van der Waals surface area contributed by atoms with Crippen molar-refractivity contribution in [1.29, 1.82) is 0 Å². The van der Waals surface area contributed by atoms with Crippen LogP contribution >= 0.6 is 0 Å². The molecule has 0 saturated carbocycles. The van der Waals surface area contributed by atoms with Crippen molar-refractivity contribution in [3.8, 4) is 5.75 Å². The lowest BCUT2D eigenvalue weighted by molar-refractivity contribution is 0.474. The molecule has 0 bridgehead atoms. The number of fused-ring (bicyclic) bond motifs is 1. The average molecular weight is 356 g/mol. The fourth-order valence-corrected chi connectivity index (χ4v) is 2.62. The Morgan fingerprint density at radius 2 is 2.08 bits per heavy atom. The summed E-state index contributed by atoms with van der Waals surface area (Å²) in [4.78, 5) is 30.7. The highest BCUT2D eigenvalue weighted by Gasteiger charge is 2.17. The van der Waals surface area contributed by atoms with E-state index in [0.29, 0.717) is 23.6 Å². The molecule has 0 atom stereocenters. The average Bonchev–Trinajstić information content (AvgIpc) is 2.93. The Bertz CT molecular complexity index is 1090. The number of phenolic OH excluding ortho intramolecular Hbond substituents is 1. The van der Waals surface area contributed by atoms with Crippen LogP contribution in [0.2, 0.25) is 0 Å². The molecule has 1 aromatic carbocycles. The third kappa shape index (κ3) is 3.23. The summed E-state index contributed by atoms with van der Waals surface area (Å²) < 4.78 is 2.98. The molecule has 3 rings (SSSR count). The molecule has 0 spiro atoms. The smallest absolute Gasteiger partial charge is 0.329 e. The molecule has 0 radical (unpaired) electrons. The molecule has 9 nitrogen and oxygen atoms in total. The zero-order valence-electron chi connectivity index (χ0n) is 14.7. The summed E-state index contributed by atoms with van der Waals surface area (Å²) >= 11 is 0. The molecule has 0 amide bonds. The molecule has 136 valence electrons. The van der Waals surface area contributed by atoms with E-state index in [0.717, 1.165) is 0 Å². The molecule has 26 heavy (non-hydrogen) atoms. The number of aromatic amines is 1. The highest BCUT2D eigenvalue weighted by atomic mass is 16.3. The van der Waals surface area contributed by atoms with Gasteiger partial charge in [-0.25, -0.2) is 10.2 Å². The topological polar surface area (TPSA) is 117 Å². The van der Waals surface area contributed by atoms with Crippen LogP contribution < -0.4 is 16.7 Å². The minimum atomic E-state index is -0.527. The number of hydrazone groups is 1. The first-order valence-corrected chi connectivity index (χ1v) is 8.15. The van der Waals surface area contributed by atoms with Crippen molar-refractivity contribution >= 4 is 23.3 Å². The van der Waals surface area contributed by atoms with Crippen LogP contribution in [0.4, 0.5) is 5.95 Å². The molecule has 0 aliphatic rings. The number of benzene rings is 1. The van der Waals surface area contributed by atoms with E-state index >= 15 is 0 Å². The van der Waals surface area contributed by atoms with Crippen LogP contribution in [-0.4, -0.2) is 30.4 Å². The Kier molecular flexibility index (Phi) is 4.61. The zero-order chi connectivity index (χ0) is 18.8. The maximum absolute atomic E-state index is 12.3. The van der Waals surface area contributed by atoms with Gasteiger partial charge in [-0.15, -0.1) is 0 Å². The van der Waals surface area contributed by atoms with Crippen LogP contribution in [0.15, 0.2) is 39.0 Å². The molecule has 9 heteroatoms. The molecular weight excluding hydrogens is 336 g/mol. The third-order valence-corrected chi connectivity index (χ3v) is 3.86. The van der Waals surface area contributed by atoms with E-state index in [1.807, 2.05) is 13.8 Å². The van der Waals surface area contributed by atoms with Crippen LogP contribution in [0.1, 0.15) is 19.4 Å². The highest BCUT2D eigenvalue weighted by Crippen LogP contribution is 2.18. The van der Waals surface area contributed by atoms with Gasteiger partial charge >= 0.3 is 5.69 Å². The van der Waals surface area contributed by atoms with Crippen molar-refractivity contribution in [2.75, 3.05) is 5.43 Å². The van der Waals surface area contributed by atoms with Crippen LogP contribution in [0.3, 0.4) is 0 Å². The number of aromatic nitrogens is 4. The number of rotatable bonds is 5. The quantitative estimate of drug-likeness (QED) is 0.469. The number of hydrogen-bond acceptors (Lipinski definition) is 6. The van der Waals surface area contributed by atoms with E-state index in [4.69, 9.17) is 0 Å². The Hall–Kier alpha value is -3.36. The molecule has 0 fully saturated rings. The Morgan fingerprint density at radius 3 is 2.77 bits per heavy atom. The second-order valence-electron chi connectivity index (χ2n) is 6.36. The van der Waals surface area contributed by atoms with Crippen molar-refractivity contribution in [2.45, 2.75) is 20.4 Å². The van der Waals surface area contributed by atoms with Crippen molar-refractivity contribution in [1.82, 2.24) is 19.1 Å². The number of nitrogens with one attached hydrogen (secondary N) is 2. The number of H-pyrrole nitrogens is 1. The van der Waals surface area contributed by atoms with Gasteiger partial charge in [-0.05, 0) is 18.1 Å². The largest absolute Gasteiger partial charge is 0.507 e. The first kappa shape index (κ1) is 17.5. The molecule has 3 aromatic rings. The van der Waals surface area contributed by atoms with Gasteiger partial charge in [-0.2, -0.15) is 10.1 Å². The summed E-state index contributed by atoms with van der Waals surface area (Å²) in [6, 6.07) is 6.77. The van der Waals surface area contributed by atoms with Gasteiger partial charge in [0.15, 0.2) is 11.2 Å². The standard InChI is InChI=1S/C17H20N6O3/c1-10(2)9-23-13-14(22(3)17(26)20-15(13)25)19-16(23)21-18-8-11-6-4-5-7-12(11)24/h4-8,10,24H,9H2,1-3H3,(H,19,21)(H,20,25,26). The number of para-hydroxylation sites is 1. The summed E-state index contributed by atoms with van der Waals surface area (Å²) in [7, 11) is 1.54. The van der Waals surface area contributed by atoms with Crippen molar-refractivity contribution in [3.63, 3.8) is 0 Å². The molecule has 0 saturated heterocycles. The lowest BCUT2D eigenvalue weighted by atomic mass is 10.2. The molecule has 2 aromatic heterocycles. The maximum Gasteiger partial charge on any atom is 0.329 e. The Morgan fingerprint density at radius 1 is 1.35 bits per heavy atom. The van der Waals surface area contributed by atoms with E-state index in [2.05, 4.69) is 20.5 Å². The minimum absolute atomic E-state index is 0.104. The van der Waals surface area contributed by atoms with E-state index in [-0.39, 0.29) is 17.3 Å². The Labute approximate surface area is 148 Å². The van der Waals surface area contributed by atoms with Gasteiger partial charge in [-0.1, -0.05) is 26.0 Å². The van der Waals surface area contributed by atoms with Gasteiger partial charge in [-0.3, -0.25) is 14.3 Å². The maximum atomic E-state index is 12.3. The van der Waals surface area contributed by atoms with Gasteiger partial charge in [0.25, 0.3) is 5.56 Å². The summed E-state index contributed by atoms with van der Waals surface area (Å²) in [6.07, 6.45) is 1.46. The van der Waals surface area contributed by atoms with Gasteiger partial charge in [0, 0.05) is 19.2 Å². The SMILES string of the molecule is CC(C)Cn1c(NN=Cc2ccccc2O)nc2c1c(=O)[nH]c(=O)n2C. The highest BCUT2D eigenvalue weighted by molar-refractivity contribution is 5.83. The molecule has 0 unspecified atom stereocenters. The second-order valence-corrected chi connectivity index (χ2v) is 6.36. The number of imidazole rings is 1. The van der Waals surface area contributed by atoms with Gasteiger partial charge in [0.05, 0.1) is 6.21 Å². The number of phenols is 1. The van der Waals surface area contributed by atoms with Gasteiger partial charge in [0.1, 0.15) is 5.75 Å². The molecule has 0 aliphatic carbocycles. The first-order valence-electron chi connectivity index (χ1n) is 8.15. The van der Waals surface area contributed by atoms with Crippen molar-refractivity contribution in [3.05, 3.63) is 50.7 Å². The third-order valence-electron chi connectivity index (χ3n) is 3.86. The molecule has 3 N–H and O–H groups in total. The van der Waals surface area contributed by atoms with Crippen LogP contribution in [0, 0.1) is 5.92 Å². The fourth-order valence-electron chi connectivity index (χ4n) is 2.62. The number of hydrogen-bond donors (Lipinski definition) is 3. The molecular formula is C17H20N6O3. The fraction of sp³-hybridized carbons (Fsp3) is 0.294. The minimum Gasteiger partial charge on any atom is -0.507 e. The number of nitrogens with zero attached hydrogens (tertiary/aromatic N) is 4. The Balaban J connectivity index is 2.06. The van der Waals surface area contributed by atoms with Gasteiger partial charge < -0.3 is 9.67 Å². The predicted molar refractivity (Wildman–Crippen MR) is 99.8 cm³/mol. The van der Waals surface area contributed by atoms with Crippen LogP contribution in [-0.2, 0) is 13.6 Å². The monoisotopic (exact) mass is 356 g/mol. The van der Waals surface area contributed by atoms with Crippen molar-refractivity contribution < 1.29 is 5.11 Å². The van der Waals surface area contributed by atoms with Crippen LogP contribution in [0.5, 0.6) is 5.75 Å². The second kappa shape index (κ2) is 6.87. The normalized spacial score (nSPS) is 11.7.